The van der Waals surface area contributed by atoms with E-state index in [0.717, 1.165) is 12.2 Å². The van der Waals surface area contributed by atoms with Gasteiger partial charge in [0.15, 0.2) is 5.76 Å². The Hall–Kier alpha value is -2.08. The van der Waals surface area contributed by atoms with Crippen LogP contribution in [-0.4, -0.2) is 34.2 Å². The van der Waals surface area contributed by atoms with Crippen LogP contribution in [0, 0.1) is 0 Å². The summed E-state index contributed by atoms with van der Waals surface area (Å²) in [6, 6.07) is 5.39. The van der Waals surface area contributed by atoms with Gasteiger partial charge in [-0.25, -0.2) is 0 Å². The zero-order valence-corrected chi connectivity index (χ0v) is 10.7. The number of furan rings is 1. The minimum atomic E-state index is -0.796. The zero-order valence-electron chi connectivity index (χ0n) is 10.7. The molecule has 2 rings (SSSR count). The predicted molar refractivity (Wildman–Crippen MR) is 67.4 cm³/mol. The van der Waals surface area contributed by atoms with Gasteiger partial charge in [-0.3, -0.25) is 9.69 Å². The number of nitrogens with zero attached hydrogens (tertiary/aromatic N) is 2. The average molecular weight is 264 g/mol. The van der Waals surface area contributed by atoms with Crippen LogP contribution in [0.2, 0.25) is 0 Å². The predicted octanol–water partition coefficient (Wildman–Crippen LogP) is 2.23. The second kappa shape index (κ2) is 6.19. The summed E-state index contributed by atoms with van der Waals surface area (Å²) in [5, 5.41) is 12.6. The van der Waals surface area contributed by atoms with Crippen molar-refractivity contribution in [1.82, 2.24) is 10.1 Å². The summed E-state index contributed by atoms with van der Waals surface area (Å²) in [4.78, 5) is 12.6. The topological polar surface area (TPSA) is 79.7 Å². The third kappa shape index (κ3) is 3.69. The maximum absolute atomic E-state index is 10.6. The summed E-state index contributed by atoms with van der Waals surface area (Å²) >= 11 is 0. The molecule has 1 N–H and O–H groups in total. The lowest BCUT2D eigenvalue weighted by atomic mass is 10.3. The van der Waals surface area contributed by atoms with Crippen molar-refractivity contribution in [1.29, 1.82) is 0 Å². The van der Waals surface area contributed by atoms with Gasteiger partial charge in [-0.2, -0.15) is 0 Å². The van der Waals surface area contributed by atoms with E-state index in [-0.39, 0.29) is 6.42 Å². The van der Waals surface area contributed by atoms with Crippen LogP contribution in [0.5, 0.6) is 0 Å². The molecule has 0 saturated carbocycles. The Labute approximate surface area is 110 Å². The number of hydrogen-bond donors (Lipinski definition) is 1. The van der Waals surface area contributed by atoms with Gasteiger partial charge < -0.3 is 14.0 Å². The third-order valence-corrected chi connectivity index (χ3v) is 2.80. The second-order valence-corrected chi connectivity index (χ2v) is 4.17. The summed E-state index contributed by atoms with van der Waals surface area (Å²) < 4.78 is 10.4. The molecule has 0 aliphatic rings. The number of rotatable bonds is 7. The van der Waals surface area contributed by atoms with E-state index in [2.05, 4.69) is 5.16 Å². The molecular weight excluding hydrogens is 248 g/mol. The lowest BCUT2D eigenvalue weighted by molar-refractivity contribution is -0.137. The molecule has 0 aliphatic carbocycles. The number of aliphatic carboxylic acids is 1. The van der Waals surface area contributed by atoms with E-state index in [1.165, 1.54) is 0 Å². The fourth-order valence-electron chi connectivity index (χ4n) is 1.75. The first-order valence-electron chi connectivity index (χ1n) is 6.12. The molecule has 0 aliphatic heterocycles. The van der Waals surface area contributed by atoms with Gasteiger partial charge in [-0.15, -0.1) is 0 Å². The van der Waals surface area contributed by atoms with Crippen molar-refractivity contribution in [2.45, 2.75) is 19.9 Å². The molecule has 19 heavy (non-hydrogen) atoms. The Kier molecular flexibility index (Phi) is 4.35. The highest BCUT2D eigenvalue weighted by Gasteiger charge is 2.12. The summed E-state index contributed by atoms with van der Waals surface area (Å²) in [7, 11) is 0. The van der Waals surface area contributed by atoms with E-state index in [9.17, 15) is 4.79 Å². The van der Waals surface area contributed by atoms with Gasteiger partial charge in [0, 0.05) is 19.2 Å². The summed E-state index contributed by atoms with van der Waals surface area (Å²) in [6.45, 7) is 3.80. The number of carbonyl (C=O) groups is 1. The molecule has 6 nitrogen and oxygen atoms in total. The van der Waals surface area contributed by atoms with E-state index in [1.807, 2.05) is 17.9 Å². The monoisotopic (exact) mass is 264 g/mol. The maximum atomic E-state index is 10.6. The SMILES string of the molecule is CCN(CCC(=O)O)Cc1cc(-c2ccco2)on1. The van der Waals surface area contributed by atoms with Crippen molar-refractivity contribution in [2.75, 3.05) is 13.1 Å². The van der Waals surface area contributed by atoms with Crippen LogP contribution >= 0.6 is 0 Å². The molecule has 0 radical (unpaired) electrons. The highest BCUT2D eigenvalue weighted by Crippen LogP contribution is 2.21. The van der Waals surface area contributed by atoms with Gasteiger partial charge in [0.25, 0.3) is 0 Å². The highest BCUT2D eigenvalue weighted by atomic mass is 16.5. The number of hydrogen-bond acceptors (Lipinski definition) is 5. The fourth-order valence-corrected chi connectivity index (χ4v) is 1.75. The summed E-state index contributed by atoms with van der Waals surface area (Å²) in [5.41, 5.74) is 0.763. The molecule has 0 spiro atoms. The second-order valence-electron chi connectivity index (χ2n) is 4.17. The quantitative estimate of drug-likeness (QED) is 0.826. The molecule has 2 heterocycles. The van der Waals surface area contributed by atoms with Crippen molar-refractivity contribution in [3.05, 3.63) is 30.2 Å². The molecular formula is C13H16N2O4. The number of carboxylic acid groups (broad SMARTS) is 1. The third-order valence-electron chi connectivity index (χ3n) is 2.80. The lowest BCUT2D eigenvalue weighted by Gasteiger charge is -2.17. The smallest absolute Gasteiger partial charge is 0.304 e. The van der Waals surface area contributed by atoms with Gasteiger partial charge in [0.1, 0.15) is 0 Å². The first kappa shape index (κ1) is 13.4. The molecule has 0 saturated heterocycles. The molecule has 102 valence electrons. The Morgan fingerprint density at radius 2 is 2.32 bits per heavy atom. The maximum Gasteiger partial charge on any atom is 0.304 e. The molecule has 0 atom stereocenters. The first-order chi connectivity index (χ1) is 9.19. The van der Waals surface area contributed by atoms with Crippen LogP contribution in [0.1, 0.15) is 19.0 Å². The zero-order chi connectivity index (χ0) is 13.7. The van der Waals surface area contributed by atoms with Crippen LogP contribution in [0.3, 0.4) is 0 Å². The standard InChI is InChI=1S/C13H16N2O4/c1-2-15(6-5-13(16)17)9-10-8-12(19-14-10)11-4-3-7-18-11/h3-4,7-8H,2,5-6,9H2,1H3,(H,16,17). The van der Waals surface area contributed by atoms with Crippen LogP contribution in [0.4, 0.5) is 0 Å². The molecule has 2 aromatic rings. The van der Waals surface area contributed by atoms with Crippen LogP contribution < -0.4 is 0 Å². The molecule has 0 bridgehead atoms. The molecule has 0 aromatic carbocycles. The average Bonchev–Trinajstić information content (AvgIpc) is 3.04. The Morgan fingerprint density at radius 3 is 2.95 bits per heavy atom. The Bertz CT molecular complexity index is 518. The molecule has 0 amide bonds. The van der Waals surface area contributed by atoms with E-state index < -0.39 is 5.97 Å². The minimum absolute atomic E-state index is 0.122. The van der Waals surface area contributed by atoms with Gasteiger partial charge >= 0.3 is 5.97 Å². The van der Waals surface area contributed by atoms with Crippen molar-refractivity contribution >= 4 is 5.97 Å². The van der Waals surface area contributed by atoms with E-state index in [0.29, 0.717) is 24.6 Å². The van der Waals surface area contributed by atoms with Crippen molar-refractivity contribution in [3.8, 4) is 11.5 Å². The summed E-state index contributed by atoms with van der Waals surface area (Å²) in [5.74, 6) is 0.413. The van der Waals surface area contributed by atoms with E-state index in [1.54, 1.807) is 18.4 Å². The van der Waals surface area contributed by atoms with Crippen LogP contribution in [0.15, 0.2) is 33.4 Å². The number of carboxylic acids is 1. The highest BCUT2D eigenvalue weighted by molar-refractivity contribution is 5.66. The van der Waals surface area contributed by atoms with Crippen molar-refractivity contribution in [3.63, 3.8) is 0 Å². The molecule has 0 fully saturated rings. The Balaban J connectivity index is 1.96. The van der Waals surface area contributed by atoms with Crippen LogP contribution in [-0.2, 0) is 11.3 Å². The van der Waals surface area contributed by atoms with Crippen molar-refractivity contribution in [2.24, 2.45) is 0 Å². The fraction of sp³-hybridized carbons (Fsp3) is 0.385. The lowest BCUT2D eigenvalue weighted by Crippen LogP contribution is -2.25. The van der Waals surface area contributed by atoms with Gasteiger partial charge in [-0.05, 0) is 18.7 Å². The normalized spacial score (nSPS) is 11.1. The van der Waals surface area contributed by atoms with E-state index in [4.69, 9.17) is 14.0 Å². The van der Waals surface area contributed by atoms with Gasteiger partial charge in [-0.1, -0.05) is 12.1 Å². The van der Waals surface area contributed by atoms with Gasteiger partial charge in [0.05, 0.1) is 18.4 Å². The summed E-state index contributed by atoms with van der Waals surface area (Å²) in [6.07, 6.45) is 1.69. The largest absolute Gasteiger partial charge is 0.481 e. The molecule has 0 unspecified atom stereocenters. The van der Waals surface area contributed by atoms with Crippen LogP contribution in [0.25, 0.3) is 11.5 Å². The molecule has 6 heteroatoms. The van der Waals surface area contributed by atoms with Crippen molar-refractivity contribution < 1.29 is 18.8 Å². The Morgan fingerprint density at radius 1 is 1.47 bits per heavy atom. The molecule has 2 aromatic heterocycles. The van der Waals surface area contributed by atoms with E-state index >= 15 is 0 Å². The number of aromatic nitrogens is 1. The first-order valence-corrected chi connectivity index (χ1v) is 6.12. The minimum Gasteiger partial charge on any atom is -0.481 e. The van der Waals surface area contributed by atoms with Gasteiger partial charge in [0.2, 0.25) is 5.76 Å².